The summed E-state index contributed by atoms with van der Waals surface area (Å²) in [6, 6.07) is 30.5. The van der Waals surface area contributed by atoms with E-state index in [0.29, 0.717) is 6.04 Å². The van der Waals surface area contributed by atoms with Crippen molar-refractivity contribution in [1.82, 2.24) is 0 Å². The second kappa shape index (κ2) is 7.36. The van der Waals surface area contributed by atoms with Gasteiger partial charge in [0, 0.05) is 0 Å². The third-order valence-corrected chi connectivity index (χ3v) is 9.14. The van der Waals surface area contributed by atoms with Crippen molar-refractivity contribution in [3.05, 3.63) is 103 Å². The molecule has 0 saturated carbocycles. The van der Waals surface area contributed by atoms with Gasteiger partial charge in [0.25, 0.3) is 6.08 Å². The van der Waals surface area contributed by atoms with E-state index in [-0.39, 0.29) is 0 Å². The summed E-state index contributed by atoms with van der Waals surface area (Å²) >= 11 is 0. The molecule has 3 aromatic carbocycles. The Bertz CT molecular complexity index is 698. The van der Waals surface area contributed by atoms with Crippen LogP contribution in [-0.4, -0.2) is 8.07 Å². The zero-order chi connectivity index (χ0) is 16.8. The Kier molecular flexibility index (Phi) is 5.01. The summed E-state index contributed by atoms with van der Waals surface area (Å²) in [6.07, 6.45) is -0.533. The van der Waals surface area contributed by atoms with Gasteiger partial charge in [0.05, 0.1) is 0 Å². The summed E-state index contributed by atoms with van der Waals surface area (Å²) in [5.41, 5.74) is 0. The highest BCUT2D eigenvalue weighted by atomic mass is 28.3. The fourth-order valence-electron chi connectivity index (χ4n) is 3.25. The smallest absolute Gasteiger partial charge is 0.174 e. The molecule has 0 bridgehead atoms. The average Bonchev–Trinajstić information content (AvgIpc) is 2.65. The van der Waals surface area contributed by atoms with E-state index in [4.69, 9.17) is 0 Å². The second-order valence-electron chi connectivity index (χ2n) is 5.70. The zero-order valence-electron chi connectivity index (χ0n) is 13.2. The molecule has 0 atom stereocenters. The van der Waals surface area contributed by atoms with Gasteiger partial charge in [0.2, 0.25) is 0 Å². The Hall–Kier alpha value is -2.52. The maximum absolute atomic E-state index is 13.0. The molecule has 24 heavy (non-hydrogen) atoms. The Morgan fingerprint density at radius 2 is 0.958 bits per heavy atom. The van der Waals surface area contributed by atoms with Crippen molar-refractivity contribution in [2.24, 2.45) is 0 Å². The summed E-state index contributed by atoms with van der Waals surface area (Å²) in [6.45, 7) is 0. The average molecular weight is 336 g/mol. The van der Waals surface area contributed by atoms with Gasteiger partial charge in [-0.25, -0.2) is 0 Å². The van der Waals surface area contributed by atoms with E-state index in [1.54, 1.807) is 0 Å². The molecule has 0 aliphatic heterocycles. The van der Waals surface area contributed by atoms with Crippen LogP contribution in [-0.2, 0) is 0 Å². The number of halogens is 2. The molecule has 0 aliphatic carbocycles. The van der Waals surface area contributed by atoms with E-state index in [9.17, 15) is 8.78 Å². The normalized spacial score (nSPS) is 11.1. The Labute approximate surface area is 142 Å². The standard InChI is InChI=1S/C21H18F2Si/c22-21(23)16-17-24(18-10-4-1-5-11-18,19-12-6-2-7-13-19)20-14-8-3-9-15-20/h1-16H,17H2. The van der Waals surface area contributed by atoms with Gasteiger partial charge in [-0.2, -0.15) is 8.78 Å². The molecule has 3 heteroatoms. The van der Waals surface area contributed by atoms with Crippen LogP contribution in [0.4, 0.5) is 8.78 Å². The minimum atomic E-state index is -2.54. The minimum Gasteiger partial charge on any atom is -0.174 e. The van der Waals surface area contributed by atoms with Crippen LogP contribution in [0.15, 0.2) is 103 Å². The van der Waals surface area contributed by atoms with Gasteiger partial charge in [-0.15, -0.1) is 0 Å². The van der Waals surface area contributed by atoms with E-state index < -0.39 is 14.2 Å². The molecule has 0 unspecified atom stereocenters. The van der Waals surface area contributed by atoms with Crippen LogP contribution in [0.3, 0.4) is 0 Å². The quantitative estimate of drug-likeness (QED) is 0.489. The number of benzene rings is 3. The molecule has 3 aromatic rings. The number of hydrogen-bond acceptors (Lipinski definition) is 0. The van der Waals surface area contributed by atoms with Crippen molar-refractivity contribution in [1.29, 1.82) is 0 Å². The van der Waals surface area contributed by atoms with Crippen molar-refractivity contribution in [2.45, 2.75) is 6.04 Å². The highest BCUT2D eigenvalue weighted by Gasteiger charge is 2.38. The van der Waals surface area contributed by atoms with Crippen LogP contribution in [0.1, 0.15) is 0 Å². The van der Waals surface area contributed by atoms with Crippen molar-refractivity contribution in [2.75, 3.05) is 0 Å². The molecule has 3 rings (SSSR count). The first-order chi connectivity index (χ1) is 11.7. The van der Waals surface area contributed by atoms with Crippen molar-refractivity contribution >= 4 is 23.6 Å². The lowest BCUT2D eigenvalue weighted by Gasteiger charge is -2.32. The highest BCUT2D eigenvalue weighted by molar-refractivity contribution is 7.11. The monoisotopic (exact) mass is 336 g/mol. The largest absolute Gasteiger partial charge is 0.266 e. The molecule has 0 nitrogen and oxygen atoms in total. The number of hydrogen-bond donors (Lipinski definition) is 0. The number of allylic oxidation sites excluding steroid dienone is 1. The number of rotatable bonds is 5. The predicted molar refractivity (Wildman–Crippen MR) is 99.1 cm³/mol. The molecule has 0 spiro atoms. The third-order valence-electron chi connectivity index (χ3n) is 4.36. The Morgan fingerprint density at radius 3 is 1.25 bits per heavy atom. The van der Waals surface area contributed by atoms with Crippen molar-refractivity contribution < 1.29 is 8.78 Å². The van der Waals surface area contributed by atoms with Crippen LogP contribution in [0.5, 0.6) is 0 Å². The topological polar surface area (TPSA) is 0 Å². The first-order valence-electron chi connectivity index (χ1n) is 7.91. The minimum absolute atomic E-state index is 0.341. The summed E-state index contributed by atoms with van der Waals surface area (Å²) in [7, 11) is -2.54. The molecule has 0 amide bonds. The summed E-state index contributed by atoms with van der Waals surface area (Å²) in [5.74, 6) is 0. The highest BCUT2D eigenvalue weighted by Crippen LogP contribution is 2.15. The first kappa shape index (κ1) is 16.3. The molecular formula is C21H18F2Si. The zero-order valence-corrected chi connectivity index (χ0v) is 14.2. The van der Waals surface area contributed by atoms with Crippen LogP contribution in [0.2, 0.25) is 6.04 Å². The first-order valence-corrected chi connectivity index (χ1v) is 10.1. The van der Waals surface area contributed by atoms with Gasteiger partial charge >= 0.3 is 0 Å². The summed E-state index contributed by atoms with van der Waals surface area (Å²) in [4.78, 5) is 0. The molecular weight excluding hydrogens is 318 g/mol. The fourth-order valence-corrected chi connectivity index (χ4v) is 7.70. The summed E-state index contributed by atoms with van der Waals surface area (Å²) in [5, 5.41) is 3.42. The maximum atomic E-state index is 13.0. The van der Waals surface area contributed by atoms with Gasteiger partial charge in [-0.3, -0.25) is 0 Å². The van der Waals surface area contributed by atoms with Crippen LogP contribution < -0.4 is 15.6 Å². The Morgan fingerprint density at radius 1 is 0.625 bits per heavy atom. The molecule has 120 valence electrons. The van der Waals surface area contributed by atoms with Gasteiger partial charge in [0.15, 0.2) is 8.07 Å². The second-order valence-corrected chi connectivity index (χ2v) is 9.65. The summed E-state index contributed by atoms with van der Waals surface area (Å²) < 4.78 is 26.0. The lowest BCUT2D eigenvalue weighted by atomic mass is 10.3. The molecule has 0 heterocycles. The van der Waals surface area contributed by atoms with Crippen molar-refractivity contribution in [3.8, 4) is 0 Å². The molecule has 0 saturated heterocycles. The lowest BCUT2D eigenvalue weighted by molar-refractivity contribution is 0.420. The molecule has 0 fully saturated rings. The SMILES string of the molecule is FC(F)=CC[Si](c1ccccc1)(c1ccccc1)c1ccccc1. The van der Waals surface area contributed by atoms with Crippen LogP contribution >= 0.6 is 0 Å². The van der Waals surface area contributed by atoms with Crippen molar-refractivity contribution in [3.63, 3.8) is 0 Å². The molecule has 0 aliphatic rings. The molecule has 0 radical (unpaired) electrons. The third kappa shape index (κ3) is 3.22. The van der Waals surface area contributed by atoms with Gasteiger partial charge in [0.1, 0.15) is 0 Å². The predicted octanol–water partition coefficient (Wildman–Crippen LogP) is 3.94. The van der Waals surface area contributed by atoms with Crippen LogP contribution in [0.25, 0.3) is 0 Å². The van der Waals surface area contributed by atoms with Gasteiger partial charge in [-0.1, -0.05) is 91.0 Å². The van der Waals surface area contributed by atoms with E-state index in [1.807, 2.05) is 54.6 Å². The maximum Gasteiger partial charge on any atom is 0.266 e. The van der Waals surface area contributed by atoms with Crippen LogP contribution in [0, 0.1) is 0 Å². The molecule has 0 aromatic heterocycles. The Balaban J connectivity index is 2.30. The van der Waals surface area contributed by atoms with Gasteiger partial charge in [-0.05, 0) is 27.7 Å². The van der Waals surface area contributed by atoms with E-state index in [0.717, 1.165) is 21.6 Å². The fraction of sp³-hybridized carbons (Fsp3) is 0.0476. The van der Waals surface area contributed by atoms with Gasteiger partial charge < -0.3 is 0 Å². The van der Waals surface area contributed by atoms with E-state index >= 15 is 0 Å². The lowest BCUT2D eigenvalue weighted by Crippen LogP contribution is -2.66. The van der Waals surface area contributed by atoms with E-state index in [1.165, 1.54) is 0 Å². The molecule has 0 N–H and O–H groups in total. The van der Waals surface area contributed by atoms with E-state index in [2.05, 4.69) is 36.4 Å².